The Kier molecular flexibility index (Phi) is 3.93. The molecule has 0 aliphatic heterocycles. The number of aliphatic hydroxyl groups excluding tert-OH is 1. The number of fused-ring (bicyclic) bond motifs is 1. The molecule has 2 rings (SSSR count). The lowest BCUT2D eigenvalue weighted by molar-refractivity contribution is 0.283. The number of aliphatic hydroxyl groups is 1. The largest absolute Gasteiger partial charge is 0.392 e. The van der Waals surface area contributed by atoms with Crippen molar-refractivity contribution < 1.29 is 13.5 Å². The number of sulfone groups is 1. The standard InChI is InChI=1S/C15H21NO3S/c1-15(2,3)20(18,19)9-8-16-10-12(11-17)13-6-4-5-7-14(13)16/h4-7,10,17H,8-9,11H2,1-3H3. The Hall–Kier alpha value is -1.33. The molecule has 2 aromatic rings. The number of hydrogen-bond donors (Lipinski definition) is 1. The van der Waals surface area contributed by atoms with Crippen molar-refractivity contribution in [2.45, 2.75) is 38.7 Å². The summed E-state index contributed by atoms with van der Waals surface area (Å²) >= 11 is 0. The van der Waals surface area contributed by atoms with Gasteiger partial charge in [-0.1, -0.05) is 18.2 Å². The van der Waals surface area contributed by atoms with Gasteiger partial charge in [-0.15, -0.1) is 0 Å². The van der Waals surface area contributed by atoms with Gasteiger partial charge >= 0.3 is 0 Å². The van der Waals surface area contributed by atoms with Gasteiger partial charge in [0.2, 0.25) is 0 Å². The molecule has 0 spiro atoms. The van der Waals surface area contributed by atoms with Crippen molar-refractivity contribution in [2.75, 3.05) is 5.75 Å². The fourth-order valence-corrected chi connectivity index (χ4v) is 3.21. The second-order valence-corrected chi connectivity index (χ2v) is 8.82. The van der Waals surface area contributed by atoms with E-state index in [0.29, 0.717) is 6.54 Å². The van der Waals surface area contributed by atoms with Crippen LogP contribution in [0, 0.1) is 0 Å². The SMILES string of the molecule is CC(C)(C)S(=O)(=O)CCn1cc(CO)c2ccccc21. The summed E-state index contributed by atoms with van der Waals surface area (Å²) in [6.45, 7) is 5.51. The fraction of sp³-hybridized carbons (Fsp3) is 0.467. The van der Waals surface area contributed by atoms with E-state index < -0.39 is 14.6 Å². The number of para-hydroxylation sites is 1. The van der Waals surface area contributed by atoms with Crippen LogP contribution in [0.25, 0.3) is 10.9 Å². The Morgan fingerprint density at radius 3 is 2.45 bits per heavy atom. The molecule has 1 N–H and O–H groups in total. The van der Waals surface area contributed by atoms with E-state index in [9.17, 15) is 13.5 Å². The first-order chi connectivity index (χ1) is 9.26. The number of aromatic nitrogens is 1. The summed E-state index contributed by atoms with van der Waals surface area (Å²) in [6, 6.07) is 7.71. The molecule has 0 bridgehead atoms. The lowest BCUT2D eigenvalue weighted by atomic mass is 10.2. The Morgan fingerprint density at radius 1 is 1.20 bits per heavy atom. The fourth-order valence-electron chi connectivity index (χ4n) is 2.16. The molecule has 0 atom stereocenters. The highest BCUT2D eigenvalue weighted by atomic mass is 32.2. The number of aryl methyl sites for hydroxylation is 1. The first-order valence-corrected chi connectivity index (χ1v) is 8.31. The molecular formula is C15H21NO3S. The number of rotatable bonds is 4. The van der Waals surface area contributed by atoms with Gasteiger partial charge in [0.25, 0.3) is 0 Å². The van der Waals surface area contributed by atoms with E-state index >= 15 is 0 Å². The molecule has 20 heavy (non-hydrogen) atoms. The molecule has 1 heterocycles. The third kappa shape index (κ3) is 2.74. The van der Waals surface area contributed by atoms with Crippen LogP contribution < -0.4 is 0 Å². The van der Waals surface area contributed by atoms with Gasteiger partial charge in [0.1, 0.15) is 0 Å². The van der Waals surface area contributed by atoms with Crippen LogP contribution in [-0.2, 0) is 23.0 Å². The van der Waals surface area contributed by atoms with Crippen molar-refractivity contribution in [3.8, 4) is 0 Å². The molecule has 0 radical (unpaired) electrons. The van der Waals surface area contributed by atoms with Gasteiger partial charge in [-0.2, -0.15) is 0 Å². The maximum absolute atomic E-state index is 12.2. The molecule has 0 fully saturated rings. The van der Waals surface area contributed by atoms with Crippen molar-refractivity contribution in [1.82, 2.24) is 4.57 Å². The second kappa shape index (κ2) is 5.22. The van der Waals surface area contributed by atoms with Crippen LogP contribution in [0.15, 0.2) is 30.5 Å². The quantitative estimate of drug-likeness (QED) is 0.942. The van der Waals surface area contributed by atoms with E-state index in [1.54, 1.807) is 20.8 Å². The van der Waals surface area contributed by atoms with Crippen LogP contribution >= 0.6 is 0 Å². The highest BCUT2D eigenvalue weighted by Gasteiger charge is 2.28. The molecular weight excluding hydrogens is 274 g/mol. The molecule has 4 nitrogen and oxygen atoms in total. The van der Waals surface area contributed by atoms with Crippen LogP contribution in [0.4, 0.5) is 0 Å². The Morgan fingerprint density at radius 2 is 1.85 bits per heavy atom. The van der Waals surface area contributed by atoms with Gasteiger partial charge in [-0.05, 0) is 26.8 Å². The third-order valence-corrected chi connectivity index (χ3v) is 6.16. The molecule has 0 aliphatic carbocycles. The van der Waals surface area contributed by atoms with Crippen LogP contribution in [0.5, 0.6) is 0 Å². The Balaban J connectivity index is 2.32. The van der Waals surface area contributed by atoms with Gasteiger partial charge in [0.15, 0.2) is 9.84 Å². The van der Waals surface area contributed by atoms with E-state index in [1.807, 2.05) is 35.0 Å². The maximum atomic E-state index is 12.2. The van der Waals surface area contributed by atoms with Crippen LogP contribution in [0.2, 0.25) is 0 Å². The lowest BCUT2D eigenvalue weighted by Gasteiger charge is -2.19. The number of nitrogens with zero attached hydrogens (tertiary/aromatic N) is 1. The van der Waals surface area contributed by atoms with Gasteiger partial charge in [0, 0.05) is 29.2 Å². The minimum absolute atomic E-state index is 0.0421. The normalized spacial score (nSPS) is 13.0. The Labute approximate surface area is 120 Å². The summed E-state index contributed by atoms with van der Waals surface area (Å²) in [4.78, 5) is 0. The molecule has 0 unspecified atom stereocenters. The van der Waals surface area contributed by atoms with Crippen LogP contribution in [-0.4, -0.2) is 28.6 Å². The molecule has 0 aliphatic rings. The molecule has 110 valence electrons. The van der Waals surface area contributed by atoms with E-state index in [1.165, 1.54) is 0 Å². The highest BCUT2D eigenvalue weighted by molar-refractivity contribution is 7.92. The summed E-state index contributed by atoms with van der Waals surface area (Å²) in [7, 11) is -3.15. The first kappa shape index (κ1) is 15.1. The minimum atomic E-state index is -3.15. The lowest BCUT2D eigenvalue weighted by Crippen LogP contribution is -2.31. The topological polar surface area (TPSA) is 59.3 Å². The zero-order valence-corrected chi connectivity index (χ0v) is 12.9. The zero-order valence-electron chi connectivity index (χ0n) is 12.1. The van der Waals surface area contributed by atoms with Crippen molar-refractivity contribution >= 4 is 20.7 Å². The van der Waals surface area contributed by atoms with E-state index in [0.717, 1.165) is 16.5 Å². The average molecular weight is 295 g/mol. The molecule has 1 aromatic heterocycles. The molecule has 1 aromatic carbocycles. The summed E-state index contributed by atoms with van der Waals surface area (Å²) in [5.74, 6) is 0.0973. The van der Waals surface area contributed by atoms with Crippen molar-refractivity contribution in [1.29, 1.82) is 0 Å². The first-order valence-electron chi connectivity index (χ1n) is 6.66. The predicted molar refractivity (Wildman–Crippen MR) is 81.4 cm³/mol. The maximum Gasteiger partial charge on any atom is 0.156 e. The van der Waals surface area contributed by atoms with Gasteiger partial charge in [0.05, 0.1) is 17.1 Å². The number of hydrogen-bond acceptors (Lipinski definition) is 3. The molecule has 0 saturated heterocycles. The van der Waals surface area contributed by atoms with Crippen molar-refractivity contribution in [3.05, 3.63) is 36.0 Å². The highest BCUT2D eigenvalue weighted by Crippen LogP contribution is 2.22. The van der Waals surface area contributed by atoms with Crippen LogP contribution in [0.3, 0.4) is 0 Å². The predicted octanol–water partition coefficient (Wildman–Crippen LogP) is 2.35. The summed E-state index contributed by atoms with van der Waals surface area (Å²) in [5, 5.41) is 10.3. The monoisotopic (exact) mass is 295 g/mol. The Bertz CT molecular complexity index is 708. The molecule has 0 saturated carbocycles. The molecule has 5 heteroatoms. The van der Waals surface area contributed by atoms with Gasteiger partial charge in [-0.3, -0.25) is 0 Å². The second-order valence-electron chi connectivity index (χ2n) is 5.95. The van der Waals surface area contributed by atoms with E-state index in [2.05, 4.69) is 0 Å². The summed E-state index contributed by atoms with van der Waals surface area (Å²) in [6.07, 6.45) is 1.84. The minimum Gasteiger partial charge on any atom is -0.392 e. The third-order valence-electron chi connectivity index (χ3n) is 3.58. The molecule has 0 amide bonds. The van der Waals surface area contributed by atoms with Gasteiger partial charge < -0.3 is 9.67 Å². The van der Waals surface area contributed by atoms with Crippen molar-refractivity contribution in [3.63, 3.8) is 0 Å². The van der Waals surface area contributed by atoms with Gasteiger partial charge in [-0.25, -0.2) is 8.42 Å². The average Bonchev–Trinajstić information content (AvgIpc) is 2.73. The summed E-state index contributed by atoms with van der Waals surface area (Å²) in [5.41, 5.74) is 1.79. The van der Waals surface area contributed by atoms with Crippen LogP contribution in [0.1, 0.15) is 26.3 Å². The van der Waals surface area contributed by atoms with E-state index in [4.69, 9.17) is 0 Å². The zero-order chi connectivity index (χ0) is 15.0. The van der Waals surface area contributed by atoms with E-state index in [-0.39, 0.29) is 12.4 Å². The number of benzene rings is 1. The smallest absolute Gasteiger partial charge is 0.156 e. The summed E-state index contributed by atoms with van der Waals surface area (Å²) < 4.78 is 25.5. The van der Waals surface area contributed by atoms with Crippen molar-refractivity contribution in [2.24, 2.45) is 0 Å².